The monoisotopic (exact) mass is 680 g/mol. The van der Waals surface area contributed by atoms with E-state index in [4.69, 9.17) is 25.8 Å². The number of hydrogen-bond acceptors (Lipinski definition) is 7. The number of ether oxygens (including phenoxy) is 3. The maximum atomic E-state index is 13.4. The van der Waals surface area contributed by atoms with Crippen LogP contribution in [0.15, 0.2) is 47.5 Å². The van der Waals surface area contributed by atoms with Gasteiger partial charge in [0.1, 0.15) is 29.3 Å². The first-order chi connectivity index (χ1) is 22.6. The number of halogens is 1. The Kier molecular flexibility index (Phi) is 10.7. The number of likely N-dealkylation sites (tertiary alicyclic amines) is 2. The molecule has 0 atom stereocenters. The summed E-state index contributed by atoms with van der Waals surface area (Å²) in [5.74, 6) is 1.37. The van der Waals surface area contributed by atoms with Gasteiger partial charge in [-0.15, -0.1) is 0 Å². The highest BCUT2D eigenvalue weighted by atomic mass is 35.5. The third-order valence-corrected chi connectivity index (χ3v) is 10.5. The van der Waals surface area contributed by atoms with Gasteiger partial charge in [-0.3, -0.25) is 14.7 Å². The van der Waals surface area contributed by atoms with Crippen LogP contribution in [0.2, 0.25) is 5.02 Å². The zero-order valence-electron chi connectivity index (χ0n) is 29.8. The number of aliphatic imine (C=N–C) groups is 1. The molecule has 0 radical (unpaired) electrons. The molecular weight excluding hydrogens is 628 g/mol. The highest BCUT2D eigenvalue weighted by molar-refractivity contribution is 6.33. The lowest BCUT2D eigenvalue weighted by Crippen LogP contribution is -2.74. The normalized spacial score (nSPS) is 23.4. The molecular formula is C38H53ClN4O5. The molecule has 2 saturated heterocycles. The summed E-state index contributed by atoms with van der Waals surface area (Å²) in [7, 11) is 1.71. The van der Waals surface area contributed by atoms with Crippen molar-refractivity contribution in [1.82, 2.24) is 15.1 Å². The maximum Gasteiger partial charge on any atom is 0.410 e. The van der Waals surface area contributed by atoms with E-state index < -0.39 is 5.60 Å². The van der Waals surface area contributed by atoms with E-state index in [0.717, 1.165) is 63.2 Å². The standard InChI is InChI=1S/C38H53ClN4O5/c1-36(2,3)48-35(45)43-19-15-27(16-20-43)42-21-17-29(18-22-42)46-28-12-9-25(10-13-28)32(44)41-33-37(4,5)34(38(33,6)7)47-30-14-11-26(24-40-8)31(39)23-30/h9-14,23-24,27,29,33-34H,15-22H2,1-8H3,(H,41,44). The van der Waals surface area contributed by atoms with Gasteiger partial charge in [-0.25, -0.2) is 4.79 Å². The van der Waals surface area contributed by atoms with E-state index in [1.165, 1.54) is 0 Å². The van der Waals surface area contributed by atoms with Crippen molar-refractivity contribution in [2.24, 2.45) is 15.8 Å². The van der Waals surface area contributed by atoms with Gasteiger partial charge in [0.25, 0.3) is 5.91 Å². The van der Waals surface area contributed by atoms with Crippen molar-refractivity contribution in [1.29, 1.82) is 0 Å². The van der Waals surface area contributed by atoms with Crippen LogP contribution in [0.4, 0.5) is 4.79 Å². The van der Waals surface area contributed by atoms with Crippen molar-refractivity contribution in [3.63, 3.8) is 0 Å². The van der Waals surface area contributed by atoms with E-state index in [1.807, 2.05) is 68.1 Å². The van der Waals surface area contributed by atoms with Crippen molar-refractivity contribution in [2.45, 2.75) is 104 Å². The van der Waals surface area contributed by atoms with Gasteiger partial charge in [0.15, 0.2) is 0 Å². The fraction of sp³-hybridized carbons (Fsp3) is 0.605. The largest absolute Gasteiger partial charge is 0.490 e. The fourth-order valence-electron chi connectivity index (χ4n) is 7.95. The Morgan fingerprint density at radius 2 is 1.50 bits per heavy atom. The van der Waals surface area contributed by atoms with E-state index in [0.29, 0.717) is 22.4 Å². The molecule has 2 aromatic carbocycles. The highest BCUT2D eigenvalue weighted by Gasteiger charge is 2.64. The second-order valence-electron chi connectivity index (χ2n) is 15.7. The zero-order chi connectivity index (χ0) is 34.9. The summed E-state index contributed by atoms with van der Waals surface area (Å²) in [6, 6.07) is 13.5. The minimum Gasteiger partial charge on any atom is -0.490 e. The molecule has 2 aliphatic heterocycles. The van der Waals surface area contributed by atoms with E-state index in [2.05, 4.69) is 42.9 Å². The van der Waals surface area contributed by atoms with E-state index in [9.17, 15) is 9.59 Å². The second-order valence-corrected chi connectivity index (χ2v) is 16.1. The molecule has 1 N–H and O–H groups in total. The van der Waals surface area contributed by atoms with Crippen LogP contribution in [0.25, 0.3) is 0 Å². The van der Waals surface area contributed by atoms with Crippen LogP contribution >= 0.6 is 11.6 Å². The molecule has 10 heteroatoms. The molecule has 3 fully saturated rings. The lowest BCUT2D eigenvalue weighted by atomic mass is 9.49. The first-order valence-electron chi connectivity index (χ1n) is 17.3. The summed E-state index contributed by atoms with van der Waals surface area (Å²) in [4.78, 5) is 34.2. The van der Waals surface area contributed by atoms with Crippen molar-refractivity contribution in [2.75, 3.05) is 33.2 Å². The molecule has 2 heterocycles. The topological polar surface area (TPSA) is 92.7 Å². The van der Waals surface area contributed by atoms with E-state index in [-0.39, 0.29) is 41.1 Å². The molecule has 48 heavy (non-hydrogen) atoms. The quantitative estimate of drug-likeness (QED) is 0.296. The Morgan fingerprint density at radius 1 is 0.896 bits per heavy atom. The first-order valence-corrected chi connectivity index (χ1v) is 17.6. The zero-order valence-corrected chi connectivity index (χ0v) is 30.6. The Hall–Kier alpha value is -3.30. The Morgan fingerprint density at radius 3 is 2.06 bits per heavy atom. The van der Waals surface area contributed by atoms with Crippen molar-refractivity contribution < 1.29 is 23.8 Å². The second kappa shape index (κ2) is 14.3. The summed E-state index contributed by atoms with van der Waals surface area (Å²) < 4.78 is 18.3. The number of nitrogens with one attached hydrogen (secondary N) is 1. The van der Waals surface area contributed by atoms with Gasteiger partial charge in [-0.1, -0.05) is 39.3 Å². The molecule has 1 aliphatic carbocycles. The van der Waals surface area contributed by atoms with Crippen molar-refractivity contribution in [3.8, 4) is 11.5 Å². The van der Waals surface area contributed by atoms with Crippen molar-refractivity contribution in [3.05, 3.63) is 58.6 Å². The maximum absolute atomic E-state index is 13.4. The predicted octanol–water partition coefficient (Wildman–Crippen LogP) is 7.24. The van der Waals surface area contributed by atoms with E-state index >= 15 is 0 Å². The molecule has 2 amide bonds. The van der Waals surface area contributed by atoms with Crippen LogP contribution in [-0.4, -0.2) is 91.1 Å². The molecule has 5 rings (SSSR count). The van der Waals surface area contributed by atoms with Gasteiger partial charge in [0.05, 0.1) is 5.02 Å². The Balaban J connectivity index is 1.08. The van der Waals surface area contributed by atoms with Gasteiger partial charge in [-0.05, 0) is 88.9 Å². The van der Waals surface area contributed by atoms with Gasteiger partial charge in [-0.2, -0.15) is 0 Å². The minimum atomic E-state index is -0.470. The number of carbonyl (C=O) groups is 2. The molecule has 9 nitrogen and oxygen atoms in total. The van der Waals surface area contributed by atoms with Crippen LogP contribution in [0.1, 0.15) is 90.1 Å². The lowest BCUT2D eigenvalue weighted by Gasteiger charge is -2.63. The van der Waals surface area contributed by atoms with Crippen LogP contribution in [-0.2, 0) is 4.74 Å². The highest BCUT2D eigenvalue weighted by Crippen LogP contribution is 2.55. The summed E-state index contributed by atoms with van der Waals surface area (Å²) in [5, 5.41) is 3.87. The van der Waals surface area contributed by atoms with Gasteiger partial charge < -0.3 is 24.4 Å². The fourth-order valence-corrected chi connectivity index (χ4v) is 8.17. The van der Waals surface area contributed by atoms with Gasteiger partial charge in [0, 0.05) is 73.5 Å². The smallest absolute Gasteiger partial charge is 0.410 e. The summed E-state index contributed by atoms with van der Waals surface area (Å²) >= 11 is 6.43. The average Bonchev–Trinajstić information content (AvgIpc) is 3.03. The van der Waals surface area contributed by atoms with E-state index in [1.54, 1.807) is 13.3 Å². The summed E-state index contributed by atoms with van der Waals surface area (Å²) in [5.41, 5.74) is 0.369. The number of amides is 2. The van der Waals surface area contributed by atoms with Gasteiger partial charge in [0.2, 0.25) is 0 Å². The summed E-state index contributed by atoms with van der Waals surface area (Å²) in [6.45, 7) is 17.7. The molecule has 262 valence electrons. The number of benzene rings is 2. The van der Waals surface area contributed by atoms with Crippen LogP contribution < -0.4 is 14.8 Å². The number of piperidine rings is 2. The average molecular weight is 681 g/mol. The van der Waals surface area contributed by atoms with Crippen LogP contribution in [0.5, 0.6) is 11.5 Å². The Bertz CT molecular complexity index is 1450. The molecule has 0 bridgehead atoms. The van der Waals surface area contributed by atoms with Crippen molar-refractivity contribution >= 4 is 29.8 Å². The third kappa shape index (κ3) is 8.11. The molecule has 1 saturated carbocycles. The lowest BCUT2D eigenvalue weighted by molar-refractivity contribution is -0.164. The summed E-state index contributed by atoms with van der Waals surface area (Å²) in [6.07, 6.45) is 5.37. The number of rotatable bonds is 8. The molecule has 0 aromatic heterocycles. The van der Waals surface area contributed by atoms with Crippen LogP contribution in [0.3, 0.4) is 0 Å². The first kappa shape index (κ1) is 36.0. The molecule has 2 aromatic rings. The predicted molar refractivity (Wildman–Crippen MR) is 191 cm³/mol. The molecule has 0 unspecified atom stereocenters. The SMILES string of the molecule is CN=Cc1ccc(OC2C(C)(C)C(NC(=O)c3ccc(OC4CCN(C5CCN(C(=O)OC(C)(C)C)CC5)CC4)cc3)C2(C)C)cc1Cl. The third-order valence-electron chi connectivity index (χ3n) is 10.1. The van der Waals surface area contributed by atoms with Gasteiger partial charge >= 0.3 is 6.09 Å². The van der Waals surface area contributed by atoms with Crippen LogP contribution in [0, 0.1) is 10.8 Å². The minimum absolute atomic E-state index is 0.0878. The molecule has 0 spiro atoms. The molecule has 3 aliphatic rings. The number of carbonyl (C=O) groups excluding carboxylic acids is 2. The number of nitrogens with zero attached hydrogens (tertiary/aromatic N) is 3. The Labute approximate surface area is 291 Å². The number of hydrogen-bond donors (Lipinski definition) is 1.